The van der Waals surface area contributed by atoms with E-state index in [0.29, 0.717) is 0 Å². The summed E-state index contributed by atoms with van der Waals surface area (Å²) in [7, 11) is 0. The molecule has 0 aliphatic carbocycles. The fourth-order valence-electron chi connectivity index (χ4n) is 3.95. The van der Waals surface area contributed by atoms with Crippen LogP contribution in [0.4, 0.5) is 0 Å². The van der Waals surface area contributed by atoms with E-state index in [4.69, 9.17) is 0 Å². The van der Waals surface area contributed by atoms with E-state index in [1.54, 1.807) is 0 Å². The molecule has 0 heterocycles. The van der Waals surface area contributed by atoms with Gasteiger partial charge in [-0.15, -0.1) is 0 Å². The Kier molecular flexibility index (Phi) is 25.9. The Hall–Kier alpha value is -0.0400. The molecule has 0 amide bonds. The first-order valence-electron chi connectivity index (χ1n) is 13.1. The van der Waals surface area contributed by atoms with Crippen LogP contribution in [0, 0.1) is 0 Å². The van der Waals surface area contributed by atoms with Crippen LogP contribution in [0.2, 0.25) is 0 Å². The highest BCUT2D eigenvalue weighted by molar-refractivity contribution is 4.53. The average molecular weight is 382 g/mol. The molecule has 0 radical (unpaired) electrons. The lowest BCUT2D eigenvalue weighted by molar-refractivity contribution is 0.521. The van der Waals surface area contributed by atoms with Crippen LogP contribution >= 0.6 is 0 Å². The second-order valence-corrected chi connectivity index (χ2v) is 8.82. The molecule has 0 saturated carbocycles. The Bertz CT molecular complexity index is 214. The number of rotatable bonds is 24. The highest BCUT2D eigenvalue weighted by Crippen LogP contribution is 2.13. The molecule has 164 valence electrons. The topological polar surface area (TPSA) is 12.0 Å². The molecular formula is C26H55N. The predicted octanol–water partition coefficient (Wildman–Crippen LogP) is 9.20. The van der Waals surface area contributed by atoms with Crippen molar-refractivity contribution in [1.82, 2.24) is 5.32 Å². The summed E-state index contributed by atoms with van der Waals surface area (Å²) in [6, 6.07) is 0. The van der Waals surface area contributed by atoms with Gasteiger partial charge in [-0.2, -0.15) is 0 Å². The van der Waals surface area contributed by atoms with Gasteiger partial charge in [-0.25, -0.2) is 0 Å². The van der Waals surface area contributed by atoms with Gasteiger partial charge < -0.3 is 5.32 Å². The molecule has 0 saturated heterocycles. The Morgan fingerprint density at radius 3 is 0.778 bits per heavy atom. The molecule has 0 rings (SSSR count). The summed E-state index contributed by atoms with van der Waals surface area (Å²) < 4.78 is 0. The molecule has 1 heteroatoms. The molecule has 0 aliphatic heterocycles. The van der Waals surface area contributed by atoms with Gasteiger partial charge in [0.05, 0.1) is 0 Å². The van der Waals surface area contributed by atoms with Gasteiger partial charge in [-0.3, -0.25) is 0 Å². The van der Waals surface area contributed by atoms with Crippen molar-refractivity contribution in [2.75, 3.05) is 13.1 Å². The van der Waals surface area contributed by atoms with Crippen molar-refractivity contribution in [1.29, 1.82) is 0 Å². The second-order valence-electron chi connectivity index (χ2n) is 8.82. The molecule has 27 heavy (non-hydrogen) atoms. The molecule has 0 aliphatic rings. The van der Waals surface area contributed by atoms with Gasteiger partial charge in [-0.1, -0.05) is 142 Å². The Morgan fingerprint density at radius 1 is 0.296 bits per heavy atom. The van der Waals surface area contributed by atoms with Crippen molar-refractivity contribution in [2.45, 2.75) is 155 Å². The lowest BCUT2D eigenvalue weighted by atomic mass is 10.0. The minimum Gasteiger partial charge on any atom is -0.317 e. The van der Waals surface area contributed by atoms with Crippen molar-refractivity contribution in [3.05, 3.63) is 0 Å². The van der Waals surface area contributed by atoms with Gasteiger partial charge in [0.2, 0.25) is 0 Å². The van der Waals surface area contributed by atoms with E-state index in [1.165, 1.54) is 154 Å². The van der Waals surface area contributed by atoms with Crippen LogP contribution in [-0.2, 0) is 0 Å². The van der Waals surface area contributed by atoms with Gasteiger partial charge >= 0.3 is 0 Å². The molecular weight excluding hydrogens is 326 g/mol. The maximum absolute atomic E-state index is 3.63. The van der Waals surface area contributed by atoms with E-state index >= 15 is 0 Å². The van der Waals surface area contributed by atoms with E-state index in [-0.39, 0.29) is 0 Å². The monoisotopic (exact) mass is 381 g/mol. The summed E-state index contributed by atoms with van der Waals surface area (Å²) >= 11 is 0. The molecule has 1 nitrogen and oxygen atoms in total. The zero-order chi connectivity index (χ0) is 19.7. The minimum atomic E-state index is 1.24. The molecule has 1 N–H and O–H groups in total. The van der Waals surface area contributed by atoms with Crippen LogP contribution in [-0.4, -0.2) is 13.1 Å². The van der Waals surface area contributed by atoms with Crippen LogP contribution in [0.25, 0.3) is 0 Å². The zero-order valence-corrected chi connectivity index (χ0v) is 19.5. The Labute approximate surface area is 173 Å². The fourth-order valence-corrected chi connectivity index (χ4v) is 3.95. The first-order chi connectivity index (χ1) is 13.4. The fraction of sp³-hybridized carbons (Fsp3) is 1.00. The third-order valence-electron chi connectivity index (χ3n) is 5.91. The quantitative estimate of drug-likeness (QED) is 0.164. The normalized spacial score (nSPS) is 11.3. The van der Waals surface area contributed by atoms with E-state index < -0.39 is 0 Å². The van der Waals surface area contributed by atoms with Crippen molar-refractivity contribution in [3.63, 3.8) is 0 Å². The van der Waals surface area contributed by atoms with E-state index in [1.807, 2.05) is 0 Å². The third-order valence-corrected chi connectivity index (χ3v) is 5.91. The average Bonchev–Trinajstić information content (AvgIpc) is 2.68. The summed E-state index contributed by atoms with van der Waals surface area (Å²) in [4.78, 5) is 0. The number of hydrogen-bond donors (Lipinski definition) is 1. The van der Waals surface area contributed by atoms with Crippen LogP contribution in [0.1, 0.15) is 155 Å². The maximum atomic E-state index is 3.63. The predicted molar refractivity (Wildman–Crippen MR) is 126 cm³/mol. The molecule has 0 spiro atoms. The van der Waals surface area contributed by atoms with Crippen molar-refractivity contribution in [3.8, 4) is 0 Å². The second kappa shape index (κ2) is 26.0. The van der Waals surface area contributed by atoms with Crippen molar-refractivity contribution < 1.29 is 0 Å². The Balaban J connectivity index is 2.95. The molecule has 0 unspecified atom stereocenters. The molecule has 0 aromatic rings. The summed E-state index contributed by atoms with van der Waals surface area (Å²) in [5, 5.41) is 3.63. The standard InChI is InChI=1S/C26H55N/c1-3-5-7-9-11-12-13-14-15-16-17-18-20-22-24-26-27-25-23-21-19-10-8-6-4-2/h27H,3-26H2,1-2H3. The van der Waals surface area contributed by atoms with Gasteiger partial charge in [0.25, 0.3) is 0 Å². The molecule has 0 bridgehead atoms. The van der Waals surface area contributed by atoms with Gasteiger partial charge in [0.15, 0.2) is 0 Å². The summed E-state index contributed by atoms with van der Waals surface area (Å²) in [6.07, 6.45) is 31.8. The molecule has 0 fully saturated rings. The van der Waals surface area contributed by atoms with Gasteiger partial charge in [0, 0.05) is 0 Å². The van der Waals surface area contributed by atoms with Crippen LogP contribution in [0.5, 0.6) is 0 Å². The smallest absolute Gasteiger partial charge is 0.00489 e. The molecule has 0 aromatic heterocycles. The van der Waals surface area contributed by atoms with E-state index in [2.05, 4.69) is 19.2 Å². The SMILES string of the molecule is CCCCCCCCCCCCCCCCCNCCCCCCCCC. The molecule has 0 atom stereocenters. The van der Waals surface area contributed by atoms with Gasteiger partial charge in [-0.05, 0) is 25.9 Å². The maximum Gasteiger partial charge on any atom is -0.00489 e. The molecule has 0 aromatic carbocycles. The minimum absolute atomic E-state index is 1.24. The van der Waals surface area contributed by atoms with Gasteiger partial charge in [0.1, 0.15) is 0 Å². The first-order valence-corrected chi connectivity index (χ1v) is 13.1. The Morgan fingerprint density at radius 2 is 0.519 bits per heavy atom. The van der Waals surface area contributed by atoms with Crippen LogP contribution in [0.3, 0.4) is 0 Å². The largest absolute Gasteiger partial charge is 0.317 e. The number of hydrogen-bond acceptors (Lipinski definition) is 1. The van der Waals surface area contributed by atoms with E-state index in [9.17, 15) is 0 Å². The number of nitrogens with one attached hydrogen (secondary N) is 1. The van der Waals surface area contributed by atoms with E-state index in [0.717, 1.165) is 0 Å². The van der Waals surface area contributed by atoms with Crippen LogP contribution < -0.4 is 5.32 Å². The van der Waals surface area contributed by atoms with Crippen LogP contribution in [0.15, 0.2) is 0 Å². The lowest BCUT2D eigenvalue weighted by Gasteiger charge is -2.05. The van der Waals surface area contributed by atoms with Crippen molar-refractivity contribution >= 4 is 0 Å². The summed E-state index contributed by atoms with van der Waals surface area (Å²) in [5.74, 6) is 0. The number of unbranched alkanes of at least 4 members (excludes halogenated alkanes) is 20. The lowest BCUT2D eigenvalue weighted by Crippen LogP contribution is -2.16. The highest BCUT2D eigenvalue weighted by atomic mass is 14.8. The first kappa shape index (κ1) is 27.0. The highest BCUT2D eigenvalue weighted by Gasteiger charge is 1.95. The zero-order valence-electron chi connectivity index (χ0n) is 19.5. The third kappa shape index (κ3) is 26.0. The summed E-state index contributed by atoms with van der Waals surface area (Å²) in [6.45, 7) is 7.08. The summed E-state index contributed by atoms with van der Waals surface area (Å²) in [5.41, 5.74) is 0. The van der Waals surface area contributed by atoms with Crippen molar-refractivity contribution in [2.24, 2.45) is 0 Å².